The summed E-state index contributed by atoms with van der Waals surface area (Å²) in [6.07, 6.45) is 2.33. The summed E-state index contributed by atoms with van der Waals surface area (Å²) in [4.78, 5) is 9.72. The van der Waals surface area contributed by atoms with Crippen LogP contribution in [-0.2, 0) is 6.54 Å². The highest BCUT2D eigenvalue weighted by molar-refractivity contribution is 6.06. The lowest BCUT2D eigenvalue weighted by molar-refractivity contribution is 0.661. The van der Waals surface area contributed by atoms with E-state index in [1.54, 1.807) is 0 Å². The molecule has 2 aromatic carbocycles. The predicted molar refractivity (Wildman–Crippen MR) is 87.4 cm³/mol. The maximum absolute atomic E-state index is 4.87. The lowest BCUT2D eigenvalue weighted by atomic mass is 10.2. The van der Waals surface area contributed by atoms with Gasteiger partial charge in [-0.2, -0.15) is 0 Å². The largest absolute Gasteiger partial charge is 0.324 e. The van der Waals surface area contributed by atoms with Crippen molar-refractivity contribution in [1.29, 1.82) is 0 Å². The Bertz CT molecular complexity index is 937. The minimum absolute atomic E-state index is 0.961. The van der Waals surface area contributed by atoms with Gasteiger partial charge in [-0.25, -0.2) is 9.97 Å². The fourth-order valence-electron chi connectivity index (χ4n) is 2.93. The highest BCUT2D eigenvalue weighted by Gasteiger charge is 2.13. The smallest absolute Gasteiger partial charge is 0.160 e. The molecule has 0 fully saturated rings. The topological polar surface area (TPSA) is 30.7 Å². The SMILES string of the molecule is CCCCn1c2ccccc2c2nc3ccccc3nc21. The Labute approximate surface area is 123 Å². The number of fused-ring (bicyclic) bond motifs is 4. The van der Waals surface area contributed by atoms with Gasteiger partial charge in [0.1, 0.15) is 5.52 Å². The summed E-state index contributed by atoms with van der Waals surface area (Å²) in [5.74, 6) is 0. The first-order valence-corrected chi connectivity index (χ1v) is 7.52. The zero-order valence-electron chi connectivity index (χ0n) is 12.1. The van der Waals surface area contributed by atoms with Crippen LogP contribution in [0, 0.1) is 0 Å². The quantitative estimate of drug-likeness (QED) is 0.549. The maximum atomic E-state index is 4.87. The molecule has 0 aliphatic rings. The number of hydrogen-bond donors (Lipinski definition) is 0. The number of aryl methyl sites for hydroxylation is 1. The van der Waals surface area contributed by atoms with Crippen LogP contribution in [0.3, 0.4) is 0 Å². The van der Waals surface area contributed by atoms with Gasteiger partial charge in [0, 0.05) is 11.9 Å². The summed E-state index contributed by atoms with van der Waals surface area (Å²) in [6.45, 7) is 3.21. The number of para-hydroxylation sites is 3. The van der Waals surface area contributed by atoms with Crippen molar-refractivity contribution in [2.75, 3.05) is 0 Å². The third kappa shape index (κ3) is 1.88. The Morgan fingerprint density at radius 2 is 1.62 bits per heavy atom. The van der Waals surface area contributed by atoms with Crippen molar-refractivity contribution in [2.24, 2.45) is 0 Å². The van der Waals surface area contributed by atoms with Gasteiger partial charge < -0.3 is 4.57 Å². The average Bonchev–Trinajstić information content (AvgIpc) is 2.84. The summed E-state index contributed by atoms with van der Waals surface area (Å²) < 4.78 is 2.31. The van der Waals surface area contributed by atoms with Crippen molar-refractivity contribution < 1.29 is 0 Å². The average molecular weight is 275 g/mol. The van der Waals surface area contributed by atoms with Gasteiger partial charge in [-0.05, 0) is 24.6 Å². The summed E-state index contributed by atoms with van der Waals surface area (Å²) in [7, 11) is 0. The molecule has 4 rings (SSSR count). The van der Waals surface area contributed by atoms with Crippen LogP contribution in [0.25, 0.3) is 33.1 Å². The van der Waals surface area contributed by atoms with E-state index in [0.29, 0.717) is 0 Å². The molecule has 3 nitrogen and oxygen atoms in total. The lowest BCUT2D eigenvalue weighted by Crippen LogP contribution is -1.99. The van der Waals surface area contributed by atoms with Crippen LogP contribution in [-0.4, -0.2) is 14.5 Å². The molecule has 2 heterocycles. The maximum Gasteiger partial charge on any atom is 0.160 e. The van der Waals surface area contributed by atoms with Crippen LogP contribution < -0.4 is 0 Å². The summed E-state index contributed by atoms with van der Waals surface area (Å²) >= 11 is 0. The van der Waals surface area contributed by atoms with E-state index in [-0.39, 0.29) is 0 Å². The lowest BCUT2D eigenvalue weighted by Gasteiger charge is -2.05. The van der Waals surface area contributed by atoms with Crippen LogP contribution in [0.4, 0.5) is 0 Å². The summed E-state index contributed by atoms with van der Waals surface area (Å²) in [5.41, 5.74) is 5.17. The highest BCUT2D eigenvalue weighted by Crippen LogP contribution is 2.28. The van der Waals surface area contributed by atoms with E-state index in [0.717, 1.165) is 35.2 Å². The molecule has 0 spiro atoms. The fraction of sp³-hybridized carbons (Fsp3) is 0.222. The Hall–Kier alpha value is -2.42. The molecule has 0 unspecified atom stereocenters. The molecule has 0 amide bonds. The first-order chi connectivity index (χ1) is 10.4. The third-order valence-electron chi connectivity index (χ3n) is 3.99. The molecule has 0 aliphatic heterocycles. The molecule has 2 aromatic heterocycles. The zero-order valence-corrected chi connectivity index (χ0v) is 12.1. The normalized spacial score (nSPS) is 11.7. The van der Waals surface area contributed by atoms with Crippen molar-refractivity contribution in [2.45, 2.75) is 26.3 Å². The molecule has 104 valence electrons. The van der Waals surface area contributed by atoms with Crippen LogP contribution in [0.2, 0.25) is 0 Å². The van der Waals surface area contributed by atoms with Gasteiger partial charge in [-0.15, -0.1) is 0 Å². The van der Waals surface area contributed by atoms with E-state index >= 15 is 0 Å². The molecule has 4 aromatic rings. The Balaban J connectivity index is 2.13. The van der Waals surface area contributed by atoms with Crippen molar-refractivity contribution in [3.63, 3.8) is 0 Å². The van der Waals surface area contributed by atoms with Crippen LogP contribution in [0.5, 0.6) is 0 Å². The van der Waals surface area contributed by atoms with Crippen molar-refractivity contribution in [3.05, 3.63) is 48.5 Å². The van der Waals surface area contributed by atoms with E-state index in [9.17, 15) is 0 Å². The van der Waals surface area contributed by atoms with Gasteiger partial charge in [-0.3, -0.25) is 0 Å². The fourth-order valence-corrected chi connectivity index (χ4v) is 2.93. The molecule has 0 saturated carbocycles. The molecule has 0 atom stereocenters. The third-order valence-corrected chi connectivity index (χ3v) is 3.99. The minimum Gasteiger partial charge on any atom is -0.324 e. The highest BCUT2D eigenvalue weighted by atomic mass is 15.1. The number of hydrogen-bond acceptors (Lipinski definition) is 2. The first-order valence-electron chi connectivity index (χ1n) is 7.52. The van der Waals surface area contributed by atoms with Gasteiger partial charge in [-0.1, -0.05) is 43.7 Å². The van der Waals surface area contributed by atoms with Crippen LogP contribution in [0.1, 0.15) is 19.8 Å². The molecule has 0 bridgehead atoms. The molecule has 3 heteroatoms. The van der Waals surface area contributed by atoms with E-state index in [1.807, 2.05) is 24.3 Å². The molecule has 21 heavy (non-hydrogen) atoms. The molecule has 0 aliphatic carbocycles. The van der Waals surface area contributed by atoms with Crippen molar-refractivity contribution in [3.8, 4) is 0 Å². The number of unbranched alkanes of at least 4 members (excludes halogenated alkanes) is 1. The summed E-state index contributed by atoms with van der Waals surface area (Å²) in [6, 6.07) is 16.6. The van der Waals surface area contributed by atoms with Gasteiger partial charge in [0.15, 0.2) is 5.65 Å². The van der Waals surface area contributed by atoms with E-state index in [1.165, 1.54) is 17.3 Å². The molecular formula is C18H17N3. The number of nitrogens with zero attached hydrogens (tertiary/aromatic N) is 3. The minimum atomic E-state index is 0.961. The van der Waals surface area contributed by atoms with Gasteiger partial charge in [0.05, 0.1) is 16.6 Å². The summed E-state index contributed by atoms with van der Waals surface area (Å²) in [5, 5.41) is 1.20. The number of rotatable bonds is 3. The van der Waals surface area contributed by atoms with E-state index < -0.39 is 0 Å². The zero-order chi connectivity index (χ0) is 14.2. The van der Waals surface area contributed by atoms with Crippen molar-refractivity contribution in [1.82, 2.24) is 14.5 Å². The first kappa shape index (κ1) is 12.3. The number of benzene rings is 2. The van der Waals surface area contributed by atoms with Crippen molar-refractivity contribution >= 4 is 33.1 Å². The van der Waals surface area contributed by atoms with E-state index in [4.69, 9.17) is 9.97 Å². The second kappa shape index (κ2) is 4.85. The number of aromatic nitrogens is 3. The molecular weight excluding hydrogens is 258 g/mol. The Morgan fingerprint density at radius 3 is 2.43 bits per heavy atom. The molecule has 0 radical (unpaired) electrons. The molecule has 0 N–H and O–H groups in total. The second-order valence-corrected chi connectivity index (χ2v) is 5.41. The van der Waals surface area contributed by atoms with E-state index in [2.05, 4.69) is 35.8 Å². The van der Waals surface area contributed by atoms with Gasteiger partial charge >= 0.3 is 0 Å². The van der Waals surface area contributed by atoms with Crippen LogP contribution in [0.15, 0.2) is 48.5 Å². The van der Waals surface area contributed by atoms with Gasteiger partial charge in [0.2, 0.25) is 0 Å². The second-order valence-electron chi connectivity index (χ2n) is 5.41. The van der Waals surface area contributed by atoms with Gasteiger partial charge in [0.25, 0.3) is 0 Å². The van der Waals surface area contributed by atoms with Crippen LogP contribution >= 0.6 is 0 Å². The standard InChI is InChI=1S/C18H17N3/c1-2-3-12-21-16-11-7-4-8-13(16)17-18(21)20-15-10-6-5-9-14(15)19-17/h4-11H,2-3,12H2,1H3. The Morgan fingerprint density at radius 1 is 0.905 bits per heavy atom. The predicted octanol–water partition coefficient (Wildman–Crippen LogP) is 4.54. The monoisotopic (exact) mass is 275 g/mol. The molecule has 0 saturated heterocycles. The Kier molecular flexibility index (Phi) is 2.85.